The largest absolute Gasteiger partial charge is 0.497 e. The zero-order valence-corrected chi connectivity index (χ0v) is 18.0. The Kier molecular flexibility index (Phi) is 5.14. The number of piperidine rings is 1. The van der Waals surface area contributed by atoms with Gasteiger partial charge in [0.05, 0.1) is 31.2 Å². The van der Waals surface area contributed by atoms with Crippen LogP contribution in [0, 0.1) is 0 Å². The maximum Gasteiger partial charge on any atom is 0.230 e. The second-order valence-corrected chi connectivity index (χ2v) is 8.70. The molecular formula is C21H26N4O4S. The number of hydrogen-bond acceptors (Lipinski definition) is 8. The number of aromatic hydroxyl groups is 1. The van der Waals surface area contributed by atoms with E-state index < -0.39 is 5.79 Å². The first-order chi connectivity index (χ1) is 14.6. The maximum absolute atomic E-state index is 11.1. The van der Waals surface area contributed by atoms with Crippen molar-refractivity contribution in [3.05, 3.63) is 40.5 Å². The van der Waals surface area contributed by atoms with Gasteiger partial charge in [0, 0.05) is 32.4 Å². The molecule has 3 aromatic rings. The zero-order chi connectivity index (χ0) is 20.7. The molecule has 1 N–H and O–H groups in total. The summed E-state index contributed by atoms with van der Waals surface area (Å²) in [6, 6.07) is 7.90. The van der Waals surface area contributed by atoms with Crippen LogP contribution in [0.5, 0.6) is 11.6 Å². The Hall–Kier alpha value is -2.20. The van der Waals surface area contributed by atoms with Crippen molar-refractivity contribution in [3.63, 3.8) is 0 Å². The smallest absolute Gasteiger partial charge is 0.230 e. The molecule has 0 bridgehead atoms. The number of nitrogens with zero attached hydrogens (tertiary/aromatic N) is 4. The fourth-order valence-electron chi connectivity index (χ4n) is 4.37. The van der Waals surface area contributed by atoms with Gasteiger partial charge in [-0.25, -0.2) is 4.98 Å². The van der Waals surface area contributed by atoms with Crippen LogP contribution in [0.4, 0.5) is 0 Å². The molecule has 2 saturated heterocycles. The topological polar surface area (TPSA) is 81.4 Å². The summed E-state index contributed by atoms with van der Waals surface area (Å²) in [5.74, 6) is 1.24. The van der Waals surface area contributed by atoms with Gasteiger partial charge in [0.25, 0.3) is 0 Å². The third kappa shape index (κ3) is 3.35. The van der Waals surface area contributed by atoms with Crippen LogP contribution < -0.4 is 4.74 Å². The van der Waals surface area contributed by atoms with Gasteiger partial charge < -0.3 is 19.3 Å². The maximum atomic E-state index is 11.1. The highest BCUT2D eigenvalue weighted by Crippen LogP contribution is 2.43. The molecule has 2 aliphatic rings. The van der Waals surface area contributed by atoms with Gasteiger partial charge in [-0.1, -0.05) is 30.4 Å². The summed E-state index contributed by atoms with van der Waals surface area (Å²) < 4.78 is 18.8. The van der Waals surface area contributed by atoms with Crippen molar-refractivity contribution >= 4 is 16.3 Å². The monoisotopic (exact) mass is 430 g/mol. The van der Waals surface area contributed by atoms with E-state index in [1.165, 1.54) is 11.3 Å². The van der Waals surface area contributed by atoms with Gasteiger partial charge in [-0.15, -0.1) is 5.10 Å². The summed E-state index contributed by atoms with van der Waals surface area (Å²) in [5, 5.41) is 15.5. The van der Waals surface area contributed by atoms with Crippen molar-refractivity contribution in [1.82, 2.24) is 19.5 Å². The van der Waals surface area contributed by atoms with E-state index in [2.05, 4.69) is 21.0 Å². The molecule has 8 nitrogen and oxygen atoms in total. The van der Waals surface area contributed by atoms with Crippen LogP contribution in [0.1, 0.15) is 42.1 Å². The molecule has 0 saturated carbocycles. The van der Waals surface area contributed by atoms with Crippen molar-refractivity contribution in [3.8, 4) is 11.6 Å². The van der Waals surface area contributed by atoms with Crippen molar-refractivity contribution in [2.24, 2.45) is 0 Å². The second kappa shape index (κ2) is 7.81. The lowest BCUT2D eigenvalue weighted by Crippen LogP contribution is -2.46. The molecule has 1 aromatic carbocycles. The summed E-state index contributed by atoms with van der Waals surface area (Å²) >= 11 is 1.49. The van der Waals surface area contributed by atoms with Crippen LogP contribution in [0.2, 0.25) is 0 Å². The molecule has 160 valence electrons. The van der Waals surface area contributed by atoms with Crippen molar-refractivity contribution in [1.29, 1.82) is 0 Å². The van der Waals surface area contributed by atoms with E-state index in [1.807, 2.05) is 25.1 Å². The first kappa shape index (κ1) is 19.7. The molecule has 1 atom stereocenters. The zero-order valence-electron chi connectivity index (χ0n) is 17.2. The number of aryl methyl sites for hydroxylation is 1. The lowest BCUT2D eigenvalue weighted by molar-refractivity contribution is -0.187. The molecule has 1 unspecified atom stereocenters. The first-order valence-electron chi connectivity index (χ1n) is 10.4. The number of thiazole rings is 1. The van der Waals surface area contributed by atoms with E-state index >= 15 is 0 Å². The molecule has 0 aliphatic carbocycles. The molecule has 4 heterocycles. The van der Waals surface area contributed by atoms with Crippen LogP contribution >= 0.6 is 11.3 Å². The van der Waals surface area contributed by atoms with E-state index in [1.54, 1.807) is 11.6 Å². The predicted molar refractivity (Wildman–Crippen MR) is 112 cm³/mol. The number of rotatable bonds is 5. The predicted octanol–water partition coefficient (Wildman–Crippen LogP) is 3.00. The van der Waals surface area contributed by atoms with E-state index in [0.717, 1.165) is 54.4 Å². The molecule has 2 aliphatic heterocycles. The Morgan fingerprint density at radius 2 is 2.03 bits per heavy atom. The Labute approximate surface area is 179 Å². The van der Waals surface area contributed by atoms with Crippen LogP contribution in [-0.2, 0) is 15.9 Å². The fourth-order valence-corrected chi connectivity index (χ4v) is 5.50. The summed E-state index contributed by atoms with van der Waals surface area (Å²) in [6.07, 6.45) is 2.33. The highest BCUT2D eigenvalue weighted by atomic mass is 32.1. The number of benzene rings is 1. The lowest BCUT2D eigenvalue weighted by Gasteiger charge is -2.41. The Balaban J connectivity index is 1.53. The SMILES string of the molecule is CCc1nc2sc(C(c3cccc(OC)c3)N3CCC4(CC3)OCCO4)c(O)n2n1. The number of ether oxygens (including phenoxy) is 3. The van der Waals surface area contributed by atoms with Gasteiger partial charge in [-0.05, 0) is 17.7 Å². The molecular weight excluding hydrogens is 404 g/mol. The minimum atomic E-state index is -0.445. The number of fused-ring (bicyclic) bond motifs is 1. The van der Waals surface area contributed by atoms with Gasteiger partial charge >= 0.3 is 0 Å². The van der Waals surface area contributed by atoms with Crippen LogP contribution in [0.25, 0.3) is 4.96 Å². The van der Waals surface area contributed by atoms with E-state index in [-0.39, 0.29) is 11.9 Å². The minimum absolute atomic E-state index is 0.127. The molecule has 9 heteroatoms. The number of likely N-dealkylation sites (tertiary alicyclic amines) is 1. The third-order valence-corrected chi connectivity index (χ3v) is 7.03. The van der Waals surface area contributed by atoms with Gasteiger partial charge in [-0.2, -0.15) is 4.52 Å². The first-order valence-corrected chi connectivity index (χ1v) is 11.2. The van der Waals surface area contributed by atoms with Crippen LogP contribution in [0.15, 0.2) is 24.3 Å². The van der Waals surface area contributed by atoms with Crippen LogP contribution in [-0.4, -0.2) is 63.8 Å². The van der Waals surface area contributed by atoms with Gasteiger partial charge in [0.1, 0.15) is 5.75 Å². The molecule has 0 amide bonds. The van der Waals surface area contributed by atoms with Gasteiger partial charge in [0.15, 0.2) is 11.6 Å². The highest BCUT2D eigenvalue weighted by Gasteiger charge is 2.42. The average molecular weight is 431 g/mol. The molecule has 30 heavy (non-hydrogen) atoms. The second-order valence-electron chi connectivity index (χ2n) is 7.69. The van der Waals surface area contributed by atoms with Crippen molar-refractivity contribution < 1.29 is 19.3 Å². The van der Waals surface area contributed by atoms with Crippen LogP contribution in [0.3, 0.4) is 0 Å². The summed E-state index contributed by atoms with van der Waals surface area (Å²) in [4.78, 5) is 8.47. The van der Waals surface area contributed by atoms with Gasteiger partial charge in [-0.3, -0.25) is 4.90 Å². The van der Waals surface area contributed by atoms with Gasteiger partial charge in [0.2, 0.25) is 10.8 Å². The van der Waals surface area contributed by atoms with E-state index in [9.17, 15) is 5.11 Å². The summed E-state index contributed by atoms with van der Waals surface area (Å²) in [6.45, 7) is 4.93. The number of methoxy groups -OCH3 is 1. The molecule has 2 aromatic heterocycles. The average Bonchev–Trinajstić information content (AvgIpc) is 3.47. The molecule has 2 fully saturated rings. The van der Waals surface area contributed by atoms with Crippen molar-refractivity contribution in [2.45, 2.75) is 38.0 Å². The normalized spacial score (nSPS) is 20.2. The highest BCUT2D eigenvalue weighted by molar-refractivity contribution is 7.17. The van der Waals surface area contributed by atoms with Crippen molar-refractivity contribution in [2.75, 3.05) is 33.4 Å². The summed E-state index contributed by atoms with van der Waals surface area (Å²) in [7, 11) is 1.67. The number of aromatic nitrogens is 3. The quantitative estimate of drug-likeness (QED) is 0.666. The standard InChI is InChI=1S/C21H26N4O4S/c1-3-16-22-20-25(23-16)19(26)18(30-20)17(14-5-4-6-15(13-14)27-2)24-9-7-21(8-10-24)28-11-12-29-21/h4-6,13,17,26H,3,7-12H2,1-2H3. The Morgan fingerprint density at radius 1 is 1.27 bits per heavy atom. The van der Waals surface area contributed by atoms with E-state index in [4.69, 9.17) is 14.2 Å². The fraction of sp³-hybridized carbons (Fsp3) is 0.524. The Morgan fingerprint density at radius 3 is 2.70 bits per heavy atom. The molecule has 1 spiro atoms. The Bertz CT molecular complexity index is 1030. The summed E-state index contributed by atoms with van der Waals surface area (Å²) in [5.41, 5.74) is 1.06. The molecule has 5 rings (SSSR count). The molecule has 0 radical (unpaired) electrons. The number of hydrogen-bond donors (Lipinski definition) is 1. The third-order valence-electron chi connectivity index (χ3n) is 5.96. The minimum Gasteiger partial charge on any atom is -0.497 e. The lowest BCUT2D eigenvalue weighted by atomic mass is 9.97. The van der Waals surface area contributed by atoms with E-state index in [0.29, 0.717) is 18.2 Å².